The molecule has 0 bridgehead atoms. The van der Waals surface area contributed by atoms with E-state index in [1.807, 2.05) is 30.5 Å². The third-order valence-electron chi connectivity index (χ3n) is 4.18. The number of rotatable bonds is 7. The molecule has 0 spiro atoms. The number of halogens is 1. The van der Waals surface area contributed by atoms with Crippen molar-refractivity contribution in [2.24, 2.45) is 0 Å². The van der Waals surface area contributed by atoms with E-state index in [2.05, 4.69) is 5.32 Å². The second-order valence-corrected chi connectivity index (χ2v) is 7.05. The largest absolute Gasteiger partial charge is 0.481 e. The number of aryl methyl sites for hydroxylation is 1. The molecule has 1 aromatic carbocycles. The predicted molar refractivity (Wildman–Crippen MR) is 100 cm³/mol. The van der Waals surface area contributed by atoms with E-state index in [0.717, 1.165) is 17.1 Å². The lowest BCUT2D eigenvalue weighted by Crippen LogP contribution is -2.50. The van der Waals surface area contributed by atoms with Gasteiger partial charge in [-0.05, 0) is 51.1 Å². The molecule has 0 radical (unpaired) electrons. The number of ether oxygens (including phenoxy) is 1. The van der Waals surface area contributed by atoms with Gasteiger partial charge < -0.3 is 19.7 Å². The van der Waals surface area contributed by atoms with E-state index >= 15 is 0 Å². The first kappa shape index (κ1) is 20.0. The van der Waals surface area contributed by atoms with Crippen molar-refractivity contribution >= 4 is 23.5 Å². The number of nitrogens with one attached hydrogen (secondary N) is 1. The highest BCUT2D eigenvalue weighted by Gasteiger charge is 2.31. The van der Waals surface area contributed by atoms with Crippen molar-refractivity contribution in [1.29, 1.82) is 0 Å². The van der Waals surface area contributed by atoms with E-state index in [9.17, 15) is 9.59 Å². The van der Waals surface area contributed by atoms with Crippen LogP contribution in [0.2, 0.25) is 5.02 Å². The number of carbonyl (C=O) groups is 2. The van der Waals surface area contributed by atoms with Crippen molar-refractivity contribution in [2.45, 2.75) is 32.7 Å². The van der Waals surface area contributed by atoms with Crippen LogP contribution in [-0.2, 0) is 9.53 Å². The Bertz CT molecular complexity index is 814. The average molecular weight is 379 g/mol. The van der Waals surface area contributed by atoms with Crippen molar-refractivity contribution in [3.8, 4) is 5.69 Å². The molecule has 6 nitrogen and oxygen atoms in total. The van der Waals surface area contributed by atoms with Crippen LogP contribution < -0.4 is 5.32 Å². The second-order valence-electron chi connectivity index (χ2n) is 6.61. The SMILES string of the molecule is COCC(C)(CC(=O)O)NC(=O)c1cc(C)n(-c2ccc(Cl)cc2)c1C. The summed E-state index contributed by atoms with van der Waals surface area (Å²) < 4.78 is 7.04. The number of carbonyl (C=O) groups excluding carboxylic acids is 1. The summed E-state index contributed by atoms with van der Waals surface area (Å²) in [5.74, 6) is -1.34. The quantitative estimate of drug-likeness (QED) is 0.774. The number of hydrogen-bond acceptors (Lipinski definition) is 3. The van der Waals surface area contributed by atoms with E-state index in [1.54, 1.807) is 25.1 Å². The average Bonchev–Trinajstić information content (AvgIpc) is 2.82. The molecular weight excluding hydrogens is 356 g/mol. The fraction of sp³-hybridized carbons (Fsp3) is 0.368. The molecule has 26 heavy (non-hydrogen) atoms. The van der Waals surface area contributed by atoms with Gasteiger partial charge in [-0.15, -0.1) is 0 Å². The summed E-state index contributed by atoms with van der Waals surface area (Å²) in [5, 5.41) is 12.6. The van der Waals surface area contributed by atoms with Crippen molar-refractivity contribution in [3.63, 3.8) is 0 Å². The van der Waals surface area contributed by atoms with Crippen LogP contribution in [0.5, 0.6) is 0 Å². The van der Waals surface area contributed by atoms with Crippen LogP contribution in [0.25, 0.3) is 5.69 Å². The zero-order chi connectivity index (χ0) is 19.5. The molecule has 1 aromatic heterocycles. The van der Waals surface area contributed by atoms with Gasteiger partial charge in [0.1, 0.15) is 0 Å². The number of methoxy groups -OCH3 is 1. The van der Waals surface area contributed by atoms with Crippen LogP contribution in [0.15, 0.2) is 30.3 Å². The van der Waals surface area contributed by atoms with Crippen LogP contribution in [0, 0.1) is 13.8 Å². The van der Waals surface area contributed by atoms with Gasteiger partial charge >= 0.3 is 5.97 Å². The van der Waals surface area contributed by atoms with Gasteiger partial charge in [0.2, 0.25) is 0 Å². The lowest BCUT2D eigenvalue weighted by atomic mass is 9.98. The zero-order valence-corrected chi connectivity index (χ0v) is 16.1. The smallest absolute Gasteiger partial charge is 0.305 e. The molecule has 0 aliphatic heterocycles. The molecule has 0 aliphatic rings. The Hall–Kier alpha value is -2.31. The highest BCUT2D eigenvalue weighted by Crippen LogP contribution is 2.23. The summed E-state index contributed by atoms with van der Waals surface area (Å²) in [6.07, 6.45) is -0.234. The number of aliphatic carboxylic acids is 1. The molecule has 140 valence electrons. The van der Waals surface area contributed by atoms with E-state index < -0.39 is 11.5 Å². The molecule has 7 heteroatoms. The minimum absolute atomic E-state index is 0.0982. The van der Waals surface area contributed by atoms with Gasteiger partial charge in [-0.3, -0.25) is 9.59 Å². The maximum Gasteiger partial charge on any atom is 0.305 e. The molecule has 0 aliphatic carbocycles. The zero-order valence-electron chi connectivity index (χ0n) is 15.3. The lowest BCUT2D eigenvalue weighted by Gasteiger charge is -2.28. The van der Waals surface area contributed by atoms with Gasteiger partial charge in [0, 0.05) is 29.2 Å². The van der Waals surface area contributed by atoms with Crippen molar-refractivity contribution in [2.75, 3.05) is 13.7 Å². The molecule has 1 amide bonds. The Morgan fingerprint density at radius 1 is 1.27 bits per heavy atom. The Morgan fingerprint density at radius 3 is 2.42 bits per heavy atom. The highest BCUT2D eigenvalue weighted by molar-refractivity contribution is 6.30. The first-order chi connectivity index (χ1) is 12.2. The summed E-state index contributed by atoms with van der Waals surface area (Å²) in [4.78, 5) is 23.9. The summed E-state index contributed by atoms with van der Waals surface area (Å²) in [5.41, 5.74) is 2.04. The summed E-state index contributed by atoms with van der Waals surface area (Å²) in [6.45, 7) is 5.51. The van der Waals surface area contributed by atoms with Gasteiger partial charge in [0.15, 0.2) is 0 Å². The summed E-state index contributed by atoms with van der Waals surface area (Å²) >= 11 is 5.95. The number of amides is 1. The molecule has 1 unspecified atom stereocenters. The minimum atomic E-state index is -1.00. The normalized spacial score (nSPS) is 13.3. The van der Waals surface area contributed by atoms with E-state index in [0.29, 0.717) is 10.6 Å². The van der Waals surface area contributed by atoms with Crippen molar-refractivity contribution < 1.29 is 19.4 Å². The first-order valence-corrected chi connectivity index (χ1v) is 8.53. The summed E-state index contributed by atoms with van der Waals surface area (Å²) in [7, 11) is 1.47. The third kappa shape index (κ3) is 4.45. The Morgan fingerprint density at radius 2 is 1.88 bits per heavy atom. The van der Waals surface area contributed by atoms with Crippen LogP contribution in [0.3, 0.4) is 0 Å². The molecule has 0 saturated heterocycles. The van der Waals surface area contributed by atoms with Gasteiger partial charge in [-0.1, -0.05) is 11.6 Å². The van der Waals surface area contributed by atoms with Crippen LogP contribution >= 0.6 is 11.6 Å². The molecule has 1 heterocycles. The van der Waals surface area contributed by atoms with Gasteiger partial charge in [-0.25, -0.2) is 0 Å². The number of carboxylic acids is 1. The topological polar surface area (TPSA) is 80.6 Å². The minimum Gasteiger partial charge on any atom is -0.481 e. The molecule has 2 rings (SSSR count). The molecule has 2 aromatic rings. The standard InChI is InChI=1S/C19H23ClN2O4/c1-12-9-16(13(2)22(12)15-7-5-14(20)6-8-15)18(25)21-19(3,11-26-4)10-17(23)24/h5-9H,10-11H2,1-4H3,(H,21,25)(H,23,24). The van der Waals surface area contributed by atoms with Crippen LogP contribution in [0.4, 0.5) is 0 Å². The Labute approximate surface area is 157 Å². The van der Waals surface area contributed by atoms with E-state index in [4.69, 9.17) is 21.4 Å². The predicted octanol–water partition coefficient (Wildman–Crippen LogP) is 3.36. The number of aromatic nitrogens is 1. The van der Waals surface area contributed by atoms with Crippen molar-refractivity contribution in [3.05, 3.63) is 52.3 Å². The molecule has 1 atom stereocenters. The van der Waals surface area contributed by atoms with Crippen LogP contribution in [0.1, 0.15) is 35.1 Å². The number of carboxylic acid groups (broad SMARTS) is 1. The number of hydrogen-bond donors (Lipinski definition) is 2. The number of benzene rings is 1. The maximum absolute atomic E-state index is 12.8. The molecular formula is C19H23ClN2O4. The molecule has 0 fully saturated rings. The fourth-order valence-electron chi connectivity index (χ4n) is 3.11. The maximum atomic E-state index is 12.8. The lowest BCUT2D eigenvalue weighted by molar-refractivity contribution is -0.139. The first-order valence-electron chi connectivity index (χ1n) is 8.15. The van der Waals surface area contributed by atoms with Gasteiger partial charge in [-0.2, -0.15) is 0 Å². The highest BCUT2D eigenvalue weighted by atomic mass is 35.5. The Kier molecular flexibility index (Phi) is 6.10. The monoisotopic (exact) mass is 378 g/mol. The van der Waals surface area contributed by atoms with Gasteiger partial charge in [0.25, 0.3) is 5.91 Å². The Balaban J connectivity index is 2.34. The van der Waals surface area contributed by atoms with E-state index in [-0.39, 0.29) is 18.9 Å². The fourth-order valence-corrected chi connectivity index (χ4v) is 3.23. The second kappa shape index (κ2) is 7.93. The van der Waals surface area contributed by atoms with Crippen molar-refractivity contribution in [1.82, 2.24) is 9.88 Å². The van der Waals surface area contributed by atoms with E-state index in [1.165, 1.54) is 7.11 Å². The number of nitrogens with zero attached hydrogens (tertiary/aromatic N) is 1. The van der Waals surface area contributed by atoms with Crippen LogP contribution in [-0.4, -0.2) is 40.8 Å². The molecule has 2 N–H and O–H groups in total. The van der Waals surface area contributed by atoms with Gasteiger partial charge in [0.05, 0.1) is 24.1 Å². The summed E-state index contributed by atoms with van der Waals surface area (Å²) in [6, 6.07) is 9.12. The molecule has 0 saturated carbocycles. The third-order valence-corrected chi connectivity index (χ3v) is 4.43.